The maximum Gasteiger partial charge on any atom is 0.411 e. The Morgan fingerprint density at radius 3 is 2.52 bits per heavy atom. The number of anilines is 1. The molecule has 2 aromatic rings. The van der Waals surface area contributed by atoms with Crippen LogP contribution in [0.3, 0.4) is 0 Å². The molecule has 0 spiro atoms. The fraction of sp³-hybridized carbons (Fsp3) is 0.300. The van der Waals surface area contributed by atoms with Gasteiger partial charge < -0.3 is 9.64 Å². The molecule has 0 unspecified atom stereocenters. The van der Waals surface area contributed by atoms with Crippen molar-refractivity contribution < 1.29 is 14.3 Å². The van der Waals surface area contributed by atoms with Gasteiger partial charge in [-0.25, -0.2) is 4.79 Å². The number of nitrogens with one attached hydrogen (secondary N) is 1. The number of nitrogens with zero attached hydrogens (tertiary/aromatic N) is 1. The fourth-order valence-electron chi connectivity index (χ4n) is 2.39. The Hall–Kier alpha value is -2.66. The molecule has 25 heavy (non-hydrogen) atoms. The number of hydrogen-bond donors (Lipinski definition) is 1. The molecule has 5 heteroatoms. The molecule has 2 rings (SSSR count). The molecule has 1 N–H and O–H groups in total. The number of amides is 1. The van der Waals surface area contributed by atoms with Crippen LogP contribution in [0.2, 0.25) is 0 Å². The predicted octanol–water partition coefficient (Wildman–Crippen LogP) is 3.61. The largest absolute Gasteiger partial charge is 0.449 e. The Kier molecular flexibility index (Phi) is 7.16. The zero-order valence-corrected chi connectivity index (χ0v) is 14.7. The van der Waals surface area contributed by atoms with Crippen LogP contribution >= 0.6 is 0 Å². The van der Waals surface area contributed by atoms with E-state index in [4.69, 9.17) is 4.74 Å². The standard InChI is InChI=1S/C20H24N2O3/c1-22(2)15-19(23)17-11-6-12-18(14-17)21-20(24)25-13-7-10-16-8-4-3-5-9-16/h3-6,8-9,11-12,14H,7,10,13,15H2,1-2H3,(H,21,24). The number of likely N-dealkylation sites (N-methyl/N-ethyl adjacent to an activating group) is 1. The third-order valence-corrected chi connectivity index (χ3v) is 3.58. The van der Waals surface area contributed by atoms with E-state index in [1.165, 1.54) is 5.56 Å². The van der Waals surface area contributed by atoms with E-state index in [9.17, 15) is 9.59 Å². The summed E-state index contributed by atoms with van der Waals surface area (Å²) < 4.78 is 5.19. The van der Waals surface area contributed by atoms with Crippen molar-refractivity contribution in [2.45, 2.75) is 12.8 Å². The number of ketones is 1. The quantitative estimate of drug-likeness (QED) is 0.589. The number of hydrogen-bond acceptors (Lipinski definition) is 4. The van der Waals surface area contributed by atoms with Crippen molar-refractivity contribution in [3.8, 4) is 0 Å². The lowest BCUT2D eigenvalue weighted by atomic mass is 10.1. The second-order valence-electron chi connectivity index (χ2n) is 6.09. The summed E-state index contributed by atoms with van der Waals surface area (Å²) in [7, 11) is 3.68. The smallest absolute Gasteiger partial charge is 0.411 e. The van der Waals surface area contributed by atoms with Crippen molar-refractivity contribution in [1.82, 2.24) is 4.90 Å². The second kappa shape index (κ2) is 9.59. The van der Waals surface area contributed by atoms with Gasteiger partial charge in [0.15, 0.2) is 5.78 Å². The molecule has 0 aliphatic rings. The zero-order valence-electron chi connectivity index (χ0n) is 14.7. The number of Topliss-reactive ketones (excluding diaryl/α,β-unsaturated/α-hetero) is 1. The van der Waals surface area contributed by atoms with Crippen molar-refractivity contribution in [3.63, 3.8) is 0 Å². The molecule has 0 fully saturated rings. The van der Waals surface area contributed by atoms with Crippen LogP contribution in [-0.2, 0) is 11.2 Å². The molecule has 0 bridgehead atoms. The molecule has 0 saturated heterocycles. The van der Waals surface area contributed by atoms with Gasteiger partial charge in [-0.05, 0) is 44.6 Å². The number of rotatable bonds is 8. The number of aryl methyl sites for hydroxylation is 1. The summed E-state index contributed by atoms with van der Waals surface area (Å²) >= 11 is 0. The van der Waals surface area contributed by atoms with Gasteiger partial charge in [0.05, 0.1) is 13.2 Å². The number of ether oxygens (including phenoxy) is 1. The lowest BCUT2D eigenvalue weighted by Gasteiger charge is -2.10. The Labute approximate surface area is 148 Å². The first kappa shape index (κ1) is 18.7. The third kappa shape index (κ3) is 6.77. The topological polar surface area (TPSA) is 58.6 Å². The number of carbonyl (C=O) groups excluding carboxylic acids is 2. The van der Waals surface area contributed by atoms with E-state index in [1.54, 1.807) is 24.3 Å². The molecular formula is C20H24N2O3. The maximum absolute atomic E-state index is 12.1. The van der Waals surface area contributed by atoms with Gasteiger partial charge in [-0.3, -0.25) is 10.1 Å². The van der Waals surface area contributed by atoms with Crippen LogP contribution in [-0.4, -0.2) is 44.0 Å². The van der Waals surface area contributed by atoms with Gasteiger partial charge in [-0.2, -0.15) is 0 Å². The van der Waals surface area contributed by atoms with Gasteiger partial charge in [0.1, 0.15) is 0 Å². The van der Waals surface area contributed by atoms with Gasteiger partial charge in [0.2, 0.25) is 0 Å². The number of carbonyl (C=O) groups is 2. The van der Waals surface area contributed by atoms with Crippen LogP contribution in [0.25, 0.3) is 0 Å². The monoisotopic (exact) mass is 340 g/mol. The first-order valence-corrected chi connectivity index (χ1v) is 8.30. The van der Waals surface area contributed by atoms with Crippen LogP contribution in [0.5, 0.6) is 0 Å². The van der Waals surface area contributed by atoms with E-state index in [2.05, 4.69) is 17.4 Å². The molecular weight excluding hydrogens is 316 g/mol. The SMILES string of the molecule is CN(C)CC(=O)c1cccc(NC(=O)OCCCc2ccccc2)c1. The minimum absolute atomic E-state index is 0.00452. The summed E-state index contributed by atoms with van der Waals surface area (Å²) in [4.78, 5) is 25.7. The van der Waals surface area contributed by atoms with E-state index in [0.717, 1.165) is 12.8 Å². The average Bonchev–Trinajstić information content (AvgIpc) is 2.59. The first-order valence-electron chi connectivity index (χ1n) is 8.30. The highest BCUT2D eigenvalue weighted by molar-refractivity contribution is 5.99. The lowest BCUT2D eigenvalue weighted by Crippen LogP contribution is -2.22. The van der Waals surface area contributed by atoms with Crippen LogP contribution in [0.15, 0.2) is 54.6 Å². The Morgan fingerprint density at radius 2 is 1.80 bits per heavy atom. The van der Waals surface area contributed by atoms with Gasteiger partial charge in [0, 0.05) is 11.3 Å². The van der Waals surface area contributed by atoms with Crippen molar-refractivity contribution in [2.75, 3.05) is 32.6 Å². The van der Waals surface area contributed by atoms with E-state index < -0.39 is 6.09 Å². The highest BCUT2D eigenvalue weighted by Gasteiger charge is 2.09. The van der Waals surface area contributed by atoms with Gasteiger partial charge >= 0.3 is 6.09 Å². The van der Waals surface area contributed by atoms with Crippen molar-refractivity contribution in [1.29, 1.82) is 0 Å². The highest BCUT2D eigenvalue weighted by atomic mass is 16.5. The molecule has 0 aliphatic carbocycles. The van der Waals surface area contributed by atoms with Crippen molar-refractivity contribution >= 4 is 17.6 Å². The molecule has 0 heterocycles. The molecule has 5 nitrogen and oxygen atoms in total. The Morgan fingerprint density at radius 1 is 1.04 bits per heavy atom. The molecule has 0 atom stereocenters. The van der Waals surface area contributed by atoms with Gasteiger partial charge in [-0.15, -0.1) is 0 Å². The molecule has 0 aromatic heterocycles. The van der Waals surface area contributed by atoms with Gasteiger partial charge in [0.25, 0.3) is 0 Å². The van der Waals surface area contributed by atoms with Crippen molar-refractivity contribution in [3.05, 3.63) is 65.7 Å². The molecule has 2 aromatic carbocycles. The van der Waals surface area contributed by atoms with E-state index in [1.807, 2.05) is 37.2 Å². The molecule has 1 amide bonds. The minimum Gasteiger partial charge on any atom is -0.449 e. The van der Waals surface area contributed by atoms with Crippen LogP contribution in [0.4, 0.5) is 10.5 Å². The maximum atomic E-state index is 12.1. The summed E-state index contributed by atoms with van der Waals surface area (Å²) in [5, 5.41) is 2.66. The van der Waals surface area contributed by atoms with Gasteiger partial charge in [-0.1, -0.05) is 42.5 Å². The molecule has 0 aliphatic heterocycles. The molecule has 132 valence electrons. The molecule has 0 radical (unpaired) electrons. The Bertz CT molecular complexity index is 699. The summed E-state index contributed by atoms with van der Waals surface area (Å²) in [6, 6.07) is 16.9. The summed E-state index contributed by atoms with van der Waals surface area (Å²) in [5.41, 5.74) is 2.34. The number of benzene rings is 2. The van der Waals surface area contributed by atoms with Crippen LogP contribution < -0.4 is 5.32 Å². The zero-order chi connectivity index (χ0) is 18.1. The first-order chi connectivity index (χ1) is 12.0. The summed E-state index contributed by atoms with van der Waals surface area (Å²) in [6.07, 6.45) is 1.12. The van der Waals surface area contributed by atoms with E-state index in [-0.39, 0.29) is 5.78 Å². The van der Waals surface area contributed by atoms with Crippen LogP contribution in [0.1, 0.15) is 22.3 Å². The Balaban J connectivity index is 1.77. The normalized spacial score (nSPS) is 10.5. The fourth-order valence-corrected chi connectivity index (χ4v) is 2.39. The van der Waals surface area contributed by atoms with Crippen molar-refractivity contribution in [2.24, 2.45) is 0 Å². The van der Waals surface area contributed by atoms with E-state index >= 15 is 0 Å². The second-order valence-corrected chi connectivity index (χ2v) is 6.09. The van der Waals surface area contributed by atoms with Crippen LogP contribution in [0, 0.1) is 0 Å². The predicted molar refractivity (Wildman–Crippen MR) is 99.1 cm³/mol. The van der Waals surface area contributed by atoms with E-state index in [0.29, 0.717) is 24.4 Å². The molecule has 0 saturated carbocycles. The average molecular weight is 340 g/mol. The highest BCUT2D eigenvalue weighted by Crippen LogP contribution is 2.12. The summed E-state index contributed by atoms with van der Waals surface area (Å²) in [5.74, 6) is 0.00452. The summed E-state index contributed by atoms with van der Waals surface area (Å²) in [6.45, 7) is 0.674. The third-order valence-electron chi connectivity index (χ3n) is 3.58. The lowest BCUT2D eigenvalue weighted by molar-refractivity contribution is 0.0957. The minimum atomic E-state index is -0.509.